The highest BCUT2D eigenvalue weighted by Gasteiger charge is 2.09. The second-order valence-corrected chi connectivity index (χ2v) is 4.76. The molecule has 0 spiro atoms. The zero-order valence-corrected chi connectivity index (χ0v) is 11.8. The maximum absolute atomic E-state index is 9.26. The fourth-order valence-electron chi connectivity index (χ4n) is 1.75. The molecule has 0 aliphatic heterocycles. The van der Waals surface area contributed by atoms with Crippen LogP contribution in [-0.2, 0) is 6.61 Å². The van der Waals surface area contributed by atoms with E-state index in [1.165, 1.54) is 0 Å². The summed E-state index contributed by atoms with van der Waals surface area (Å²) in [5.41, 5.74) is 2.43. The van der Waals surface area contributed by atoms with E-state index < -0.39 is 0 Å². The maximum Gasteiger partial charge on any atom is 0.228 e. The highest BCUT2D eigenvalue weighted by molar-refractivity contribution is 6.32. The summed E-state index contributed by atoms with van der Waals surface area (Å²) in [6.45, 7) is 5.44. The molecule has 1 aromatic carbocycles. The summed E-state index contributed by atoms with van der Waals surface area (Å²) in [5, 5.41) is 9.99. The number of halogens is 1. The van der Waals surface area contributed by atoms with Crippen molar-refractivity contribution in [2.75, 3.05) is 0 Å². The molecule has 0 saturated carbocycles. The summed E-state index contributed by atoms with van der Waals surface area (Å²) in [7, 11) is 0. The van der Waals surface area contributed by atoms with E-state index in [4.69, 9.17) is 16.3 Å². The molecule has 0 atom stereocenters. The molecule has 2 aromatic rings. The normalized spacial score (nSPS) is 10.6. The van der Waals surface area contributed by atoms with Crippen LogP contribution in [0.2, 0.25) is 5.02 Å². The third kappa shape index (κ3) is 3.03. The quantitative estimate of drug-likeness (QED) is 0.935. The lowest BCUT2D eigenvalue weighted by Crippen LogP contribution is -1.99. The Morgan fingerprint density at radius 1 is 1.21 bits per heavy atom. The van der Waals surface area contributed by atoms with Gasteiger partial charge >= 0.3 is 0 Å². The Bertz CT molecular complexity index is 591. The van der Waals surface area contributed by atoms with Crippen molar-refractivity contribution in [1.82, 2.24) is 9.97 Å². The Kier molecular flexibility index (Phi) is 4.02. The zero-order chi connectivity index (χ0) is 14.0. The molecular formula is C14H15ClN2O2. The van der Waals surface area contributed by atoms with Crippen molar-refractivity contribution in [2.45, 2.75) is 27.4 Å². The Hall–Kier alpha value is -1.65. The molecule has 2 rings (SSSR count). The molecule has 1 N–H and O–H groups in total. The van der Waals surface area contributed by atoms with Gasteiger partial charge in [-0.3, -0.25) is 0 Å². The zero-order valence-electron chi connectivity index (χ0n) is 11.1. The molecule has 0 radical (unpaired) electrons. The second kappa shape index (κ2) is 5.55. The third-order valence-electron chi connectivity index (χ3n) is 2.74. The van der Waals surface area contributed by atoms with Gasteiger partial charge in [0, 0.05) is 11.2 Å². The first kappa shape index (κ1) is 13.8. The van der Waals surface area contributed by atoms with Gasteiger partial charge < -0.3 is 9.84 Å². The predicted octanol–water partition coefficient (Wildman–Crippen LogP) is 3.34. The summed E-state index contributed by atoms with van der Waals surface area (Å²) < 4.78 is 5.73. The smallest absolute Gasteiger partial charge is 0.228 e. The van der Waals surface area contributed by atoms with E-state index in [2.05, 4.69) is 9.97 Å². The average Bonchev–Trinajstić information content (AvgIpc) is 2.36. The van der Waals surface area contributed by atoms with E-state index in [1.807, 2.05) is 26.0 Å². The lowest BCUT2D eigenvalue weighted by molar-refractivity contribution is 0.274. The van der Waals surface area contributed by atoms with Crippen LogP contribution >= 0.6 is 11.6 Å². The van der Waals surface area contributed by atoms with E-state index in [1.54, 1.807) is 13.1 Å². The van der Waals surface area contributed by atoms with Gasteiger partial charge in [-0.05, 0) is 44.0 Å². The Morgan fingerprint density at radius 2 is 1.84 bits per heavy atom. The molecule has 0 saturated heterocycles. The highest BCUT2D eigenvalue weighted by atomic mass is 35.5. The topological polar surface area (TPSA) is 55.2 Å². The fourth-order valence-corrected chi connectivity index (χ4v) is 1.86. The molecule has 0 aliphatic rings. The number of aliphatic hydroxyl groups is 1. The van der Waals surface area contributed by atoms with Gasteiger partial charge in [0.2, 0.25) is 5.88 Å². The minimum Gasteiger partial charge on any atom is -0.439 e. The van der Waals surface area contributed by atoms with Gasteiger partial charge in [-0.15, -0.1) is 0 Å². The fraction of sp³-hybridized carbons (Fsp3) is 0.286. The van der Waals surface area contributed by atoms with Crippen molar-refractivity contribution in [3.63, 3.8) is 0 Å². The number of nitrogens with zero attached hydrogens (tertiary/aromatic N) is 2. The SMILES string of the molecule is Cc1ncc(CO)c(Oc2cc(C)c(Cl)c(C)c2)n1. The van der Waals surface area contributed by atoms with Crippen LogP contribution in [0.3, 0.4) is 0 Å². The number of ether oxygens (including phenoxy) is 1. The first-order chi connectivity index (χ1) is 9.01. The minimum absolute atomic E-state index is 0.166. The van der Waals surface area contributed by atoms with Gasteiger partial charge in [-0.25, -0.2) is 4.98 Å². The molecule has 100 valence electrons. The first-order valence-electron chi connectivity index (χ1n) is 5.89. The van der Waals surface area contributed by atoms with Crippen LogP contribution in [0.15, 0.2) is 18.3 Å². The summed E-state index contributed by atoms with van der Waals surface area (Å²) in [6, 6.07) is 3.68. The van der Waals surface area contributed by atoms with Crippen LogP contribution in [0.4, 0.5) is 0 Å². The third-order valence-corrected chi connectivity index (χ3v) is 3.34. The number of benzene rings is 1. The molecule has 19 heavy (non-hydrogen) atoms. The van der Waals surface area contributed by atoms with E-state index in [0.29, 0.717) is 23.0 Å². The van der Waals surface area contributed by atoms with Crippen LogP contribution in [0, 0.1) is 20.8 Å². The van der Waals surface area contributed by atoms with Crippen LogP contribution in [-0.4, -0.2) is 15.1 Å². The lowest BCUT2D eigenvalue weighted by Gasteiger charge is -2.11. The number of hydrogen-bond acceptors (Lipinski definition) is 4. The minimum atomic E-state index is -0.166. The highest BCUT2D eigenvalue weighted by Crippen LogP contribution is 2.29. The second-order valence-electron chi connectivity index (χ2n) is 4.38. The lowest BCUT2D eigenvalue weighted by atomic mass is 10.1. The van der Waals surface area contributed by atoms with Crippen LogP contribution in [0.1, 0.15) is 22.5 Å². The van der Waals surface area contributed by atoms with Gasteiger partial charge in [0.1, 0.15) is 11.6 Å². The molecule has 1 aromatic heterocycles. The standard InChI is InChI=1S/C14H15ClN2O2/c1-8-4-12(5-9(2)13(8)15)19-14-11(7-18)6-16-10(3)17-14/h4-6,18H,7H2,1-3H3. The molecule has 0 aliphatic carbocycles. The van der Waals surface area contributed by atoms with Gasteiger partial charge in [-0.2, -0.15) is 4.98 Å². The van der Waals surface area contributed by atoms with Gasteiger partial charge in [0.05, 0.1) is 12.2 Å². The van der Waals surface area contributed by atoms with Crippen molar-refractivity contribution in [1.29, 1.82) is 0 Å². The molecule has 4 nitrogen and oxygen atoms in total. The van der Waals surface area contributed by atoms with Gasteiger partial charge in [-0.1, -0.05) is 11.6 Å². The summed E-state index contributed by atoms with van der Waals surface area (Å²) in [4.78, 5) is 8.22. The monoisotopic (exact) mass is 278 g/mol. The number of hydrogen-bond donors (Lipinski definition) is 1. The molecule has 0 fully saturated rings. The molecule has 5 heteroatoms. The largest absolute Gasteiger partial charge is 0.439 e. The van der Waals surface area contributed by atoms with Crippen LogP contribution in [0.5, 0.6) is 11.6 Å². The first-order valence-corrected chi connectivity index (χ1v) is 6.27. The number of aryl methyl sites for hydroxylation is 3. The van der Waals surface area contributed by atoms with E-state index in [0.717, 1.165) is 16.1 Å². The van der Waals surface area contributed by atoms with Crippen LogP contribution < -0.4 is 4.74 Å². The van der Waals surface area contributed by atoms with Crippen molar-refractivity contribution in [2.24, 2.45) is 0 Å². The number of aliphatic hydroxyl groups excluding tert-OH is 1. The van der Waals surface area contributed by atoms with Crippen molar-refractivity contribution >= 4 is 11.6 Å². The Balaban J connectivity index is 2.38. The molecule has 0 unspecified atom stereocenters. The molecule has 0 amide bonds. The van der Waals surface area contributed by atoms with Crippen LogP contribution in [0.25, 0.3) is 0 Å². The number of rotatable bonds is 3. The number of aromatic nitrogens is 2. The van der Waals surface area contributed by atoms with Crippen molar-refractivity contribution in [3.05, 3.63) is 45.9 Å². The van der Waals surface area contributed by atoms with E-state index >= 15 is 0 Å². The molecule has 1 heterocycles. The van der Waals surface area contributed by atoms with Crippen molar-refractivity contribution < 1.29 is 9.84 Å². The van der Waals surface area contributed by atoms with E-state index in [-0.39, 0.29) is 6.61 Å². The Morgan fingerprint density at radius 3 is 2.42 bits per heavy atom. The predicted molar refractivity (Wildman–Crippen MR) is 73.7 cm³/mol. The summed E-state index contributed by atoms with van der Waals surface area (Å²) in [5.74, 6) is 1.61. The molecule has 0 bridgehead atoms. The summed E-state index contributed by atoms with van der Waals surface area (Å²) in [6.07, 6.45) is 1.56. The van der Waals surface area contributed by atoms with Gasteiger partial charge in [0.15, 0.2) is 0 Å². The molecular weight excluding hydrogens is 264 g/mol. The van der Waals surface area contributed by atoms with Crippen molar-refractivity contribution in [3.8, 4) is 11.6 Å². The van der Waals surface area contributed by atoms with Gasteiger partial charge in [0.25, 0.3) is 0 Å². The average molecular weight is 279 g/mol. The Labute approximate surface area is 117 Å². The maximum atomic E-state index is 9.26. The summed E-state index contributed by atoms with van der Waals surface area (Å²) >= 11 is 6.12. The van der Waals surface area contributed by atoms with E-state index in [9.17, 15) is 5.11 Å².